The van der Waals surface area contributed by atoms with Crippen molar-refractivity contribution < 1.29 is 14.3 Å². The van der Waals surface area contributed by atoms with Gasteiger partial charge in [-0.1, -0.05) is 12.2 Å². The van der Waals surface area contributed by atoms with Crippen LogP contribution in [0, 0.1) is 0 Å². The molecule has 0 aromatic heterocycles. The number of ether oxygens (including phenoxy) is 2. The van der Waals surface area contributed by atoms with Gasteiger partial charge in [-0.3, -0.25) is 0 Å². The molecule has 0 aliphatic heterocycles. The maximum absolute atomic E-state index is 11.3. The highest BCUT2D eigenvalue weighted by Crippen LogP contribution is 2.06. The first-order valence-electron chi connectivity index (χ1n) is 5.77. The summed E-state index contributed by atoms with van der Waals surface area (Å²) in [7, 11) is 1.61. The van der Waals surface area contributed by atoms with Gasteiger partial charge in [0.25, 0.3) is 0 Å². The van der Waals surface area contributed by atoms with E-state index in [1.54, 1.807) is 13.4 Å². The molecule has 1 amide bonds. The minimum absolute atomic E-state index is 0.360. The van der Waals surface area contributed by atoms with Crippen LogP contribution in [0.4, 0.5) is 4.79 Å². The molecule has 0 aromatic rings. The average Bonchev–Trinajstić information content (AvgIpc) is 2.19. The highest BCUT2D eigenvalue weighted by Gasteiger charge is 2.15. The number of unbranched alkanes of at least 4 members (excludes halogenated alkanes) is 1. The van der Waals surface area contributed by atoms with E-state index in [9.17, 15) is 4.79 Å². The molecule has 0 heterocycles. The standard InChI is InChI=1S/C13H23NO3/c1-13(2,3)17-12(15)14-10-8-6-5-7-9-11-16-4/h5,7,9,11H,6,8,10H2,1-4H3,(H,14,15)/b7-5+,11-9-. The molecule has 0 saturated carbocycles. The maximum atomic E-state index is 11.3. The van der Waals surface area contributed by atoms with Crippen molar-refractivity contribution in [3.63, 3.8) is 0 Å². The van der Waals surface area contributed by atoms with Crippen molar-refractivity contribution in [1.82, 2.24) is 5.32 Å². The molecule has 0 aromatic carbocycles. The Bertz CT molecular complexity index is 264. The molecule has 0 aliphatic carbocycles. The number of methoxy groups -OCH3 is 1. The summed E-state index contributed by atoms with van der Waals surface area (Å²) in [6.45, 7) is 6.15. The minimum atomic E-state index is -0.436. The summed E-state index contributed by atoms with van der Waals surface area (Å²) in [5.74, 6) is 0. The van der Waals surface area contributed by atoms with E-state index >= 15 is 0 Å². The van der Waals surface area contributed by atoms with E-state index in [0.717, 1.165) is 12.8 Å². The molecule has 0 bridgehead atoms. The third kappa shape index (κ3) is 12.5. The van der Waals surface area contributed by atoms with Crippen molar-refractivity contribution in [3.8, 4) is 0 Å². The number of rotatable bonds is 6. The Kier molecular flexibility index (Phi) is 7.93. The first-order chi connectivity index (χ1) is 7.95. The van der Waals surface area contributed by atoms with Crippen LogP contribution in [-0.2, 0) is 9.47 Å². The SMILES string of the molecule is CO/C=C\C=C\CCCNC(=O)OC(C)(C)C. The van der Waals surface area contributed by atoms with Crippen LogP contribution in [0.25, 0.3) is 0 Å². The van der Waals surface area contributed by atoms with Gasteiger partial charge in [0, 0.05) is 6.54 Å². The number of carbonyl (C=O) groups is 1. The maximum Gasteiger partial charge on any atom is 0.407 e. The summed E-state index contributed by atoms with van der Waals surface area (Å²) in [4.78, 5) is 11.3. The predicted molar refractivity (Wildman–Crippen MR) is 68.8 cm³/mol. The monoisotopic (exact) mass is 241 g/mol. The lowest BCUT2D eigenvalue weighted by atomic mass is 10.2. The number of carbonyl (C=O) groups excluding carboxylic acids is 1. The second-order valence-corrected chi connectivity index (χ2v) is 4.56. The van der Waals surface area contributed by atoms with Crippen molar-refractivity contribution in [1.29, 1.82) is 0 Å². The fourth-order valence-corrected chi connectivity index (χ4v) is 1.02. The third-order valence-electron chi connectivity index (χ3n) is 1.68. The van der Waals surface area contributed by atoms with Gasteiger partial charge in [0.05, 0.1) is 13.4 Å². The van der Waals surface area contributed by atoms with Gasteiger partial charge in [0.2, 0.25) is 0 Å². The average molecular weight is 241 g/mol. The molecule has 0 unspecified atom stereocenters. The Labute approximate surface area is 104 Å². The second-order valence-electron chi connectivity index (χ2n) is 4.56. The lowest BCUT2D eigenvalue weighted by Crippen LogP contribution is -2.32. The molecular formula is C13H23NO3. The number of hydrogen-bond acceptors (Lipinski definition) is 3. The van der Waals surface area contributed by atoms with Crippen molar-refractivity contribution in [2.75, 3.05) is 13.7 Å². The van der Waals surface area contributed by atoms with Crippen molar-refractivity contribution in [2.24, 2.45) is 0 Å². The molecule has 4 heteroatoms. The van der Waals surface area contributed by atoms with Gasteiger partial charge in [0.15, 0.2) is 0 Å². The molecule has 0 aliphatic rings. The zero-order chi connectivity index (χ0) is 13.1. The predicted octanol–water partition coefficient (Wildman–Crippen LogP) is 3.01. The van der Waals surface area contributed by atoms with E-state index in [1.165, 1.54) is 0 Å². The largest absolute Gasteiger partial charge is 0.504 e. The van der Waals surface area contributed by atoms with Crippen LogP contribution in [0.5, 0.6) is 0 Å². The number of hydrogen-bond donors (Lipinski definition) is 1. The summed E-state index contributed by atoms with van der Waals surface area (Å²) >= 11 is 0. The summed E-state index contributed by atoms with van der Waals surface area (Å²) in [6.07, 6.45) is 8.79. The Balaban J connectivity index is 3.49. The van der Waals surface area contributed by atoms with Crippen molar-refractivity contribution in [3.05, 3.63) is 24.5 Å². The smallest absolute Gasteiger partial charge is 0.407 e. The number of amides is 1. The second kappa shape index (κ2) is 8.67. The first kappa shape index (κ1) is 15.6. The zero-order valence-corrected chi connectivity index (χ0v) is 11.2. The van der Waals surface area contributed by atoms with Gasteiger partial charge in [0.1, 0.15) is 5.60 Å². The normalized spacial score (nSPS) is 12.0. The summed E-state index contributed by atoms with van der Waals surface area (Å²) in [5, 5.41) is 2.70. The Morgan fingerprint density at radius 2 is 2.00 bits per heavy atom. The summed E-state index contributed by atoms with van der Waals surface area (Å²) in [5.41, 5.74) is -0.436. The summed E-state index contributed by atoms with van der Waals surface area (Å²) < 4.78 is 9.84. The van der Waals surface area contributed by atoms with Crippen LogP contribution in [0.1, 0.15) is 33.6 Å². The number of allylic oxidation sites excluding steroid dienone is 3. The van der Waals surface area contributed by atoms with E-state index < -0.39 is 5.60 Å². The van der Waals surface area contributed by atoms with E-state index in [-0.39, 0.29) is 6.09 Å². The lowest BCUT2D eigenvalue weighted by molar-refractivity contribution is 0.0527. The molecule has 0 spiro atoms. The van der Waals surface area contributed by atoms with Crippen LogP contribution in [0.3, 0.4) is 0 Å². The van der Waals surface area contributed by atoms with Crippen molar-refractivity contribution in [2.45, 2.75) is 39.2 Å². The minimum Gasteiger partial charge on any atom is -0.504 e. The van der Waals surface area contributed by atoms with Crippen LogP contribution in [-0.4, -0.2) is 25.3 Å². The fourth-order valence-electron chi connectivity index (χ4n) is 1.02. The highest BCUT2D eigenvalue weighted by atomic mass is 16.6. The van der Waals surface area contributed by atoms with E-state index in [0.29, 0.717) is 6.54 Å². The summed E-state index contributed by atoms with van der Waals surface area (Å²) in [6, 6.07) is 0. The van der Waals surface area contributed by atoms with E-state index in [4.69, 9.17) is 9.47 Å². The van der Waals surface area contributed by atoms with Crippen molar-refractivity contribution >= 4 is 6.09 Å². The molecule has 17 heavy (non-hydrogen) atoms. The Morgan fingerprint density at radius 3 is 2.59 bits per heavy atom. The number of nitrogens with one attached hydrogen (secondary N) is 1. The quantitative estimate of drug-likeness (QED) is 0.442. The third-order valence-corrected chi connectivity index (χ3v) is 1.68. The van der Waals surface area contributed by atoms with Gasteiger partial charge in [-0.15, -0.1) is 0 Å². The van der Waals surface area contributed by atoms with Crippen LogP contribution in [0.2, 0.25) is 0 Å². The molecule has 0 fully saturated rings. The molecular weight excluding hydrogens is 218 g/mol. The van der Waals surface area contributed by atoms with E-state index in [2.05, 4.69) is 5.32 Å². The van der Waals surface area contributed by atoms with E-state index in [1.807, 2.05) is 39.0 Å². The molecule has 1 N–H and O–H groups in total. The van der Waals surface area contributed by atoms with Gasteiger partial charge in [-0.25, -0.2) is 4.79 Å². The van der Waals surface area contributed by atoms with Gasteiger partial charge in [-0.2, -0.15) is 0 Å². The lowest BCUT2D eigenvalue weighted by Gasteiger charge is -2.19. The van der Waals surface area contributed by atoms with Gasteiger partial charge < -0.3 is 14.8 Å². The van der Waals surface area contributed by atoms with Gasteiger partial charge in [-0.05, 0) is 39.7 Å². The molecule has 0 rings (SSSR count). The molecule has 4 nitrogen and oxygen atoms in total. The topological polar surface area (TPSA) is 47.6 Å². The van der Waals surface area contributed by atoms with Crippen LogP contribution >= 0.6 is 0 Å². The first-order valence-corrected chi connectivity index (χ1v) is 5.77. The van der Waals surface area contributed by atoms with Crippen LogP contribution in [0.15, 0.2) is 24.5 Å². The molecule has 0 atom stereocenters. The zero-order valence-electron chi connectivity index (χ0n) is 11.2. The molecule has 0 radical (unpaired) electrons. The van der Waals surface area contributed by atoms with Crippen LogP contribution < -0.4 is 5.32 Å². The molecule has 98 valence electrons. The highest BCUT2D eigenvalue weighted by molar-refractivity contribution is 5.67. The Hall–Kier alpha value is -1.45. The Morgan fingerprint density at radius 1 is 1.29 bits per heavy atom. The van der Waals surface area contributed by atoms with Gasteiger partial charge >= 0.3 is 6.09 Å². The number of alkyl carbamates (subject to hydrolysis) is 1. The fraction of sp³-hybridized carbons (Fsp3) is 0.615. The molecule has 0 saturated heterocycles.